The summed E-state index contributed by atoms with van der Waals surface area (Å²) in [6.07, 6.45) is 2.37. The number of nitrogens with two attached hydrogens (primary N) is 1. The molecule has 0 bridgehead atoms. The second-order valence-electron chi connectivity index (χ2n) is 6.55. The minimum absolute atomic E-state index is 0.208. The van der Waals surface area contributed by atoms with Crippen molar-refractivity contribution in [1.29, 1.82) is 0 Å². The van der Waals surface area contributed by atoms with Gasteiger partial charge in [0.25, 0.3) is 0 Å². The molecule has 5 heteroatoms. The number of hydrogen-bond acceptors (Lipinski definition) is 3. The van der Waals surface area contributed by atoms with Gasteiger partial charge in [-0.3, -0.25) is 4.79 Å². The molecule has 1 atom stereocenters. The lowest BCUT2D eigenvalue weighted by atomic mass is 10.0. The van der Waals surface area contributed by atoms with E-state index in [1.807, 2.05) is 18.2 Å². The summed E-state index contributed by atoms with van der Waals surface area (Å²) in [5.41, 5.74) is 7.90. The van der Waals surface area contributed by atoms with Crippen LogP contribution in [0.25, 0.3) is 0 Å². The van der Waals surface area contributed by atoms with E-state index < -0.39 is 6.04 Å². The normalized spacial score (nSPS) is 11.6. The maximum absolute atomic E-state index is 12.9. The summed E-state index contributed by atoms with van der Waals surface area (Å²) in [6, 6.07) is 22.3. The van der Waals surface area contributed by atoms with Gasteiger partial charge in [0.1, 0.15) is 17.3 Å². The largest absolute Gasteiger partial charge is 0.457 e. The molecule has 0 saturated carbocycles. The van der Waals surface area contributed by atoms with Crippen LogP contribution < -0.4 is 15.8 Å². The maximum Gasteiger partial charge on any atom is 0.241 e. The summed E-state index contributed by atoms with van der Waals surface area (Å²) in [4.78, 5) is 12.3. The second-order valence-corrected chi connectivity index (χ2v) is 6.55. The molecule has 0 saturated heterocycles. The van der Waals surface area contributed by atoms with E-state index in [0.29, 0.717) is 23.6 Å². The van der Waals surface area contributed by atoms with Crippen LogP contribution >= 0.6 is 0 Å². The highest BCUT2D eigenvalue weighted by Crippen LogP contribution is 2.23. The Morgan fingerprint density at radius 1 is 0.929 bits per heavy atom. The van der Waals surface area contributed by atoms with Crippen molar-refractivity contribution in [2.24, 2.45) is 5.73 Å². The summed E-state index contributed by atoms with van der Waals surface area (Å²) < 4.78 is 18.6. The van der Waals surface area contributed by atoms with Gasteiger partial charge in [-0.2, -0.15) is 0 Å². The average Bonchev–Trinajstić information content (AvgIpc) is 2.72. The fourth-order valence-corrected chi connectivity index (χ4v) is 2.78. The quantitative estimate of drug-likeness (QED) is 0.586. The number of hydrogen-bond donors (Lipinski definition) is 2. The minimum atomic E-state index is -0.557. The Balaban J connectivity index is 1.46. The standard InChI is InChI=1S/C23H23FN2O2/c24-18-9-13-20(14-10-18)28-21-15-11-19(12-16-21)26-23(27)22(25)8-4-7-17-5-2-1-3-6-17/h1-3,5-6,9-16,22H,4,7-8,25H2,(H,26,27)/t22-/m0/s1. The number of halogens is 1. The van der Waals surface area contributed by atoms with Gasteiger partial charge in [-0.1, -0.05) is 30.3 Å². The first-order valence-corrected chi connectivity index (χ1v) is 9.24. The zero-order valence-corrected chi connectivity index (χ0v) is 15.5. The molecule has 1 amide bonds. The van der Waals surface area contributed by atoms with Gasteiger partial charge in [-0.15, -0.1) is 0 Å². The highest BCUT2D eigenvalue weighted by Gasteiger charge is 2.13. The molecule has 3 aromatic rings. The van der Waals surface area contributed by atoms with E-state index >= 15 is 0 Å². The van der Waals surface area contributed by atoms with Crippen LogP contribution in [0.3, 0.4) is 0 Å². The number of nitrogens with one attached hydrogen (secondary N) is 1. The molecule has 0 heterocycles. The van der Waals surface area contributed by atoms with Crippen molar-refractivity contribution in [3.63, 3.8) is 0 Å². The molecule has 4 nitrogen and oxygen atoms in total. The highest BCUT2D eigenvalue weighted by atomic mass is 19.1. The number of ether oxygens (including phenoxy) is 1. The van der Waals surface area contributed by atoms with Crippen molar-refractivity contribution >= 4 is 11.6 Å². The predicted molar refractivity (Wildman–Crippen MR) is 109 cm³/mol. The third kappa shape index (κ3) is 5.93. The SMILES string of the molecule is N[C@@H](CCCc1ccccc1)C(=O)Nc1ccc(Oc2ccc(F)cc2)cc1. The number of rotatable bonds is 8. The third-order valence-corrected chi connectivity index (χ3v) is 4.33. The smallest absolute Gasteiger partial charge is 0.241 e. The minimum Gasteiger partial charge on any atom is -0.457 e. The number of amides is 1. The molecule has 0 unspecified atom stereocenters. The van der Waals surface area contributed by atoms with Crippen LogP contribution in [0, 0.1) is 5.82 Å². The van der Waals surface area contributed by atoms with E-state index in [4.69, 9.17) is 10.5 Å². The van der Waals surface area contributed by atoms with Gasteiger partial charge in [-0.25, -0.2) is 4.39 Å². The first-order chi connectivity index (χ1) is 13.6. The Hall–Kier alpha value is -3.18. The lowest BCUT2D eigenvalue weighted by Crippen LogP contribution is -2.35. The van der Waals surface area contributed by atoms with Crippen molar-refractivity contribution in [1.82, 2.24) is 0 Å². The number of anilines is 1. The summed E-state index contributed by atoms with van der Waals surface area (Å²) in [6.45, 7) is 0. The van der Waals surface area contributed by atoms with Crippen LogP contribution in [0.15, 0.2) is 78.9 Å². The van der Waals surface area contributed by atoms with E-state index in [2.05, 4.69) is 17.4 Å². The van der Waals surface area contributed by atoms with Crippen LogP contribution in [0.4, 0.5) is 10.1 Å². The molecule has 0 aliphatic rings. The van der Waals surface area contributed by atoms with E-state index in [-0.39, 0.29) is 11.7 Å². The monoisotopic (exact) mass is 378 g/mol. The predicted octanol–water partition coefficient (Wildman–Crippen LogP) is 4.91. The Morgan fingerprint density at radius 3 is 2.18 bits per heavy atom. The van der Waals surface area contributed by atoms with Crippen molar-refractivity contribution in [3.8, 4) is 11.5 Å². The van der Waals surface area contributed by atoms with Gasteiger partial charge in [0.15, 0.2) is 0 Å². The zero-order chi connectivity index (χ0) is 19.8. The fraction of sp³-hybridized carbons (Fsp3) is 0.174. The van der Waals surface area contributed by atoms with Crippen LogP contribution in [-0.4, -0.2) is 11.9 Å². The van der Waals surface area contributed by atoms with Gasteiger partial charge in [0, 0.05) is 5.69 Å². The first-order valence-electron chi connectivity index (χ1n) is 9.24. The maximum atomic E-state index is 12.9. The van der Waals surface area contributed by atoms with Gasteiger partial charge >= 0.3 is 0 Å². The Kier molecular flexibility index (Phi) is 6.76. The Labute approximate surface area is 164 Å². The number of benzene rings is 3. The van der Waals surface area contributed by atoms with Crippen molar-refractivity contribution in [2.75, 3.05) is 5.32 Å². The topological polar surface area (TPSA) is 64.4 Å². The molecule has 3 rings (SSSR count). The Bertz CT molecular complexity index is 881. The summed E-state index contributed by atoms with van der Waals surface area (Å²) >= 11 is 0. The lowest BCUT2D eigenvalue weighted by Gasteiger charge is -2.13. The van der Waals surface area contributed by atoms with Gasteiger partial charge in [-0.05, 0) is 73.4 Å². The van der Waals surface area contributed by atoms with Crippen molar-refractivity contribution in [3.05, 3.63) is 90.2 Å². The van der Waals surface area contributed by atoms with E-state index in [9.17, 15) is 9.18 Å². The number of aryl methyl sites for hydroxylation is 1. The van der Waals surface area contributed by atoms with E-state index in [1.54, 1.807) is 36.4 Å². The molecule has 144 valence electrons. The van der Waals surface area contributed by atoms with Crippen LogP contribution in [0.5, 0.6) is 11.5 Å². The van der Waals surface area contributed by atoms with Crippen molar-refractivity contribution in [2.45, 2.75) is 25.3 Å². The van der Waals surface area contributed by atoms with Gasteiger partial charge in [0.05, 0.1) is 6.04 Å². The number of carbonyl (C=O) groups excluding carboxylic acids is 1. The van der Waals surface area contributed by atoms with Crippen LogP contribution in [-0.2, 0) is 11.2 Å². The van der Waals surface area contributed by atoms with Gasteiger partial charge in [0.2, 0.25) is 5.91 Å². The van der Waals surface area contributed by atoms with Gasteiger partial charge < -0.3 is 15.8 Å². The second kappa shape index (κ2) is 9.67. The van der Waals surface area contributed by atoms with Crippen molar-refractivity contribution < 1.29 is 13.9 Å². The molecule has 3 N–H and O–H groups in total. The molecular weight excluding hydrogens is 355 g/mol. The van der Waals surface area contributed by atoms with E-state index in [1.165, 1.54) is 17.7 Å². The summed E-state index contributed by atoms with van der Waals surface area (Å²) in [7, 11) is 0. The van der Waals surface area contributed by atoms with Crippen LogP contribution in [0.1, 0.15) is 18.4 Å². The number of carbonyl (C=O) groups is 1. The Morgan fingerprint density at radius 2 is 1.54 bits per heavy atom. The molecule has 0 aliphatic heterocycles. The zero-order valence-electron chi connectivity index (χ0n) is 15.5. The van der Waals surface area contributed by atoms with E-state index in [0.717, 1.165) is 12.8 Å². The average molecular weight is 378 g/mol. The molecule has 0 aliphatic carbocycles. The fourth-order valence-electron chi connectivity index (χ4n) is 2.78. The third-order valence-electron chi connectivity index (χ3n) is 4.33. The van der Waals surface area contributed by atoms with Crippen LogP contribution in [0.2, 0.25) is 0 Å². The molecule has 0 spiro atoms. The first kappa shape index (κ1) is 19.6. The molecule has 3 aromatic carbocycles. The molecule has 0 radical (unpaired) electrons. The molecular formula is C23H23FN2O2. The molecule has 0 aromatic heterocycles. The molecule has 0 fully saturated rings. The molecule has 28 heavy (non-hydrogen) atoms. The summed E-state index contributed by atoms with van der Waals surface area (Å²) in [5.74, 6) is 0.612. The highest BCUT2D eigenvalue weighted by molar-refractivity contribution is 5.94. The lowest BCUT2D eigenvalue weighted by molar-refractivity contribution is -0.117. The summed E-state index contributed by atoms with van der Waals surface area (Å²) in [5, 5.41) is 2.82.